The summed E-state index contributed by atoms with van der Waals surface area (Å²) in [5, 5.41) is 0. The monoisotopic (exact) mass is 446 g/mol. The lowest BCUT2D eigenvalue weighted by Gasteiger charge is -2.25. The zero-order valence-electron chi connectivity index (χ0n) is 22.7. The molecule has 2 unspecified atom stereocenters. The third-order valence-electron chi connectivity index (χ3n) is 7.40. The van der Waals surface area contributed by atoms with Crippen molar-refractivity contribution in [1.29, 1.82) is 0 Å². The Morgan fingerprint density at radius 3 is 1.56 bits per heavy atom. The van der Waals surface area contributed by atoms with Gasteiger partial charge in [0.2, 0.25) is 0 Å². The Morgan fingerprint density at radius 1 is 0.625 bits per heavy atom. The lowest BCUT2D eigenvalue weighted by Crippen LogP contribution is -2.16. The molecule has 0 fully saturated rings. The molecule has 0 saturated carbocycles. The molecular weight excluding hydrogens is 388 g/mol. The SMILES string of the molecule is CCCCCCCCCCCCCCCC(c1nccn1C(C)CCCCCC)C(C)C. The summed E-state index contributed by atoms with van der Waals surface area (Å²) < 4.78 is 2.50. The smallest absolute Gasteiger partial charge is 0.112 e. The van der Waals surface area contributed by atoms with E-state index >= 15 is 0 Å². The minimum Gasteiger partial charge on any atom is -0.332 e. The van der Waals surface area contributed by atoms with E-state index in [0.29, 0.717) is 17.9 Å². The Hall–Kier alpha value is -0.790. The van der Waals surface area contributed by atoms with Gasteiger partial charge >= 0.3 is 0 Å². The molecule has 2 heteroatoms. The van der Waals surface area contributed by atoms with E-state index in [4.69, 9.17) is 4.98 Å². The fourth-order valence-corrected chi connectivity index (χ4v) is 5.13. The normalized spacial score (nSPS) is 13.7. The standard InChI is InChI=1S/C30H58N2/c1-6-8-10-12-13-14-15-16-17-18-19-20-22-24-29(27(3)4)30-31-25-26-32(30)28(5)23-21-11-9-7-2/h25-29H,6-24H2,1-5H3. The molecule has 0 saturated heterocycles. The number of hydrogen-bond acceptors (Lipinski definition) is 1. The third-order valence-corrected chi connectivity index (χ3v) is 7.40. The number of rotatable bonds is 22. The number of aromatic nitrogens is 2. The van der Waals surface area contributed by atoms with E-state index in [-0.39, 0.29) is 0 Å². The summed E-state index contributed by atoms with van der Waals surface area (Å²) in [6, 6.07) is 0.581. The maximum atomic E-state index is 4.85. The van der Waals surface area contributed by atoms with Crippen molar-refractivity contribution in [2.24, 2.45) is 5.92 Å². The van der Waals surface area contributed by atoms with E-state index in [9.17, 15) is 0 Å². The van der Waals surface area contributed by atoms with Crippen molar-refractivity contribution in [1.82, 2.24) is 9.55 Å². The first-order valence-corrected chi connectivity index (χ1v) is 14.6. The van der Waals surface area contributed by atoms with Gasteiger partial charge in [-0.15, -0.1) is 0 Å². The van der Waals surface area contributed by atoms with E-state index in [1.165, 1.54) is 128 Å². The van der Waals surface area contributed by atoms with Gasteiger partial charge in [-0.3, -0.25) is 0 Å². The Morgan fingerprint density at radius 2 is 1.06 bits per heavy atom. The predicted molar refractivity (Wildman–Crippen MR) is 144 cm³/mol. The van der Waals surface area contributed by atoms with E-state index in [1.807, 2.05) is 6.20 Å². The molecule has 0 aromatic carbocycles. The molecule has 32 heavy (non-hydrogen) atoms. The van der Waals surface area contributed by atoms with Gasteiger partial charge in [-0.2, -0.15) is 0 Å². The van der Waals surface area contributed by atoms with Gasteiger partial charge < -0.3 is 4.57 Å². The van der Waals surface area contributed by atoms with Crippen LogP contribution in [0.3, 0.4) is 0 Å². The Balaban J connectivity index is 2.22. The van der Waals surface area contributed by atoms with Crippen molar-refractivity contribution in [2.45, 2.75) is 169 Å². The summed E-state index contributed by atoms with van der Waals surface area (Å²) in [7, 11) is 0. The molecule has 0 aliphatic carbocycles. The van der Waals surface area contributed by atoms with Gasteiger partial charge in [0, 0.05) is 24.4 Å². The van der Waals surface area contributed by atoms with Crippen LogP contribution >= 0.6 is 0 Å². The van der Waals surface area contributed by atoms with E-state index in [2.05, 4.69) is 45.4 Å². The topological polar surface area (TPSA) is 17.8 Å². The van der Waals surface area contributed by atoms with Crippen LogP contribution in [0, 0.1) is 5.92 Å². The van der Waals surface area contributed by atoms with Gasteiger partial charge in [-0.1, -0.05) is 137 Å². The number of hydrogen-bond donors (Lipinski definition) is 0. The van der Waals surface area contributed by atoms with Gasteiger partial charge in [-0.05, 0) is 25.7 Å². The van der Waals surface area contributed by atoms with Crippen molar-refractivity contribution < 1.29 is 0 Å². The Bertz CT molecular complexity index is 519. The van der Waals surface area contributed by atoms with Crippen LogP contribution in [-0.2, 0) is 0 Å². The minimum absolute atomic E-state index is 0.581. The zero-order valence-corrected chi connectivity index (χ0v) is 22.7. The summed E-state index contributed by atoms with van der Waals surface area (Å²) >= 11 is 0. The average molecular weight is 447 g/mol. The molecule has 0 bridgehead atoms. The van der Waals surface area contributed by atoms with Crippen LogP contribution in [0.4, 0.5) is 0 Å². The van der Waals surface area contributed by atoms with Crippen molar-refractivity contribution >= 4 is 0 Å². The zero-order chi connectivity index (χ0) is 23.4. The molecule has 1 heterocycles. The van der Waals surface area contributed by atoms with Crippen LogP contribution < -0.4 is 0 Å². The molecule has 0 radical (unpaired) electrons. The molecule has 2 nitrogen and oxygen atoms in total. The summed E-state index contributed by atoms with van der Waals surface area (Å²) in [6.07, 6.45) is 30.9. The molecule has 0 N–H and O–H groups in total. The number of nitrogens with zero attached hydrogens (tertiary/aromatic N) is 2. The first-order chi connectivity index (χ1) is 15.6. The maximum absolute atomic E-state index is 4.85. The van der Waals surface area contributed by atoms with Crippen LogP contribution in [0.5, 0.6) is 0 Å². The molecule has 0 spiro atoms. The average Bonchev–Trinajstić information content (AvgIpc) is 3.26. The maximum Gasteiger partial charge on any atom is 0.112 e. The molecule has 1 aromatic rings. The molecule has 1 rings (SSSR count). The summed E-state index contributed by atoms with van der Waals surface area (Å²) in [6.45, 7) is 11.8. The summed E-state index contributed by atoms with van der Waals surface area (Å²) in [5.74, 6) is 2.62. The highest BCUT2D eigenvalue weighted by Gasteiger charge is 2.22. The minimum atomic E-state index is 0.581. The lowest BCUT2D eigenvalue weighted by atomic mass is 9.89. The fraction of sp³-hybridized carbons (Fsp3) is 0.900. The van der Waals surface area contributed by atoms with Crippen molar-refractivity contribution in [3.63, 3.8) is 0 Å². The molecule has 188 valence electrons. The van der Waals surface area contributed by atoms with Crippen LogP contribution in [0.1, 0.15) is 174 Å². The van der Waals surface area contributed by atoms with Gasteiger partial charge in [0.15, 0.2) is 0 Å². The van der Waals surface area contributed by atoms with Crippen molar-refractivity contribution in [2.75, 3.05) is 0 Å². The van der Waals surface area contributed by atoms with E-state index < -0.39 is 0 Å². The lowest BCUT2D eigenvalue weighted by molar-refractivity contribution is 0.383. The molecule has 0 aliphatic rings. The van der Waals surface area contributed by atoms with E-state index in [0.717, 1.165) is 0 Å². The summed E-state index contributed by atoms with van der Waals surface area (Å²) in [5.41, 5.74) is 0. The first kappa shape index (κ1) is 29.2. The van der Waals surface area contributed by atoms with Crippen molar-refractivity contribution in [3.05, 3.63) is 18.2 Å². The second-order valence-corrected chi connectivity index (χ2v) is 10.8. The van der Waals surface area contributed by atoms with Crippen LogP contribution in [-0.4, -0.2) is 9.55 Å². The van der Waals surface area contributed by atoms with Crippen LogP contribution in [0.2, 0.25) is 0 Å². The molecule has 0 aliphatic heterocycles. The highest BCUT2D eigenvalue weighted by atomic mass is 15.1. The van der Waals surface area contributed by atoms with Crippen LogP contribution in [0.15, 0.2) is 12.4 Å². The third kappa shape index (κ3) is 13.0. The first-order valence-electron chi connectivity index (χ1n) is 14.6. The Labute approximate surface area is 202 Å². The molecular formula is C30H58N2. The highest BCUT2D eigenvalue weighted by molar-refractivity contribution is 5.03. The fourth-order valence-electron chi connectivity index (χ4n) is 5.13. The molecule has 1 aromatic heterocycles. The van der Waals surface area contributed by atoms with Crippen molar-refractivity contribution in [3.8, 4) is 0 Å². The molecule has 2 atom stereocenters. The largest absolute Gasteiger partial charge is 0.332 e. The second kappa shape index (κ2) is 19.7. The van der Waals surface area contributed by atoms with Gasteiger partial charge in [0.1, 0.15) is 5.82 Å². The predicted octanol–water partition coefficient (Wildman–Crippen LogP) is 10.6. The van der Waals surface area contributed by atoms with E-state index in [1.54, 1.807) is 0 Å². The Kier molecular flexibility index (Phi) is 18.0. The number of unbranched alkanes of at least 4 members (excludes halogenated alkanes) is 15. The van der Waals surface area contributed by atoms with Crippen LogP contribution in [0.25, 0.3) is 0 Å². The second-order valence-electron chi connectivity index (χ2n) is 10.8. The van der Waals surface area contributed by atoms with Gasteiger partial charge in [-0.25, -0.2) is 4.98 Å². The van der Waals surface area contributed by atoms with Gasteiger partial charge in [0.05, 0.1) is 0 Å². The summed E-state index contributed by atoms with van der Waals surface area (Å²) in [4.78, 5) is 4.85. The van der Waals surface area contributed by atoms with Gasteiger partial charge in [0.25, 0.3) is 0 Å². The molecule has 0 amide bonds. The number of imidazole rings is 1. The quantitative estimate of drug-likeness (QED) is 0.162. The highest BCUT2D eigenvalue weighted by Crippen LogP contribution is 2.31.